The number of amides is 2. The number of carbonyl (C=O) groups is 1. The Labute approximate surface area is 135 Å². The standard InChI is InChI=1S/C16H21N5O2/c1-10-14(11(2)18-15(17-10)21(3)4)20-16(22)19-12-6-8-13(23-5)9-7-12/h6-9H,1-5H3,(H2,19,20,22). The van der Waals surface area contributed by atoms with Gasteiger partial charge in [0.1, 0.15) is 5.75 Å². The van der Waals surface area contributed by atoms with E-state index in [1.54, 1.807) is 31.4 Å². The van der Waals surface area contributed by atoms with Crippen molar-refractivity contribution in [3.05, 3.63) is 35.7 Å². The lowest BCUT2D eigenvalue weighted by Gasteiger charge is -2.16. The van der Waals surface area contributed by atoms with E-state index in [4.69, 9.17) is 4.74 Å². The first kappa shape index (κ1) is 16.5. The lowest BCUT2D eigenvalue weighted by Crippen LogP contribution is -2.22. The van der Waals surface area contributed by atoms with Gasteiger partial charge in [0.25, 0.3) is 0 Å². The summed E-state index contributed by atoms with van der Waals surface area (Å²) in [5.41, 5.74) is 2.71. The van der Waals surface area contributed by atoms with E-state index < -0.39 is 0 Å². The van der Waals surface area contributed by atoms with Crippen LogP contribution in [-0.2, 0) is 0 Å². The van der Waals surface area contributed by atoms with Crippen molar-refractivity contribution in [2.24, 2.45) is 0 Å². The number of nitrogens with zero attached hydrogens (tertiary/aromatic N) is 3. The molecule has 0 bridgehead atoms. The number of carbonyl (C=O) groups excluding carboxylic acids is 1. The quantitative estimate of drug-likeness (QED) is 0.907. The molecule has 2 aromatic rings. The second-order valence-corrected chi connectivity index (χ2v) is 5.27. The molecule has 0 aliphatic rings. The summed E-state index contributed by atoms with van der Waals surface area (Å²) >= 11 is 0. The summed E-state index contributed by atoms with van der Waals surface area (Å²) in [5, 5.41) is 5.56. The lowest BCUT2D eigenvalue weighted by molar-refractivity contribution is 0.262. The minimum atomic E-state index is -0.345. The zero-order valence-electron chi connectivity index (χ0n) is 14.0. The molecule has 7 heteroatoms. The number of nitrogens with one attached hydrogen (secondary N) is 2. The molecule has 0 atom stereocenters. The van der Waals surface area contributed by atoms with E-state index in [1.165, 1.54) is 0 Å². The largest absolute Gasteiger partial charge is 0.497 e. The lowest BCUT2D eigenvalue weighted by atomic mass is 10.3. The van der Waals surface area contributed by atoms with Gasteiger partial charge in [-0.05, 0) is 38.1 Å². The van der Waals surface area contributed by atoms with E-state index >= 15 is 0 Å². The van der Waals surface area contributed by atoms with Crippen LogP contribution in [0, 0.1) is 13.8 Å². The minimum absolute atomic E-state index is 0.345. The highest BCUT2D eigenvalue weighted by atomic mass is 16.5. The third kappa shape index (κ3) is 4.09. The van der Waals surface area contributed by atoms with Gasteiger partial charge in [-0.1, -0.05) is 0 Å². The van der Waals surface area contributed by atoms with Crippen molar-refractivity contribution in [2.75, 3.05) is 36.7 Å². The van der Waals surface area contributed by atoms with Crippen molar-refractivity contribution in [1.29, 1.82) is 0 Å². The van der Waals surface area contributed by atoms with E-state index in [0.717, 1.165) is 5.75 Å². The van der Waals surface area contributed by atoms with E-state index in [2.05, 4.69) is 20.6 Å². The van der Waals surface area contributed by atoms with Crippen LogP contribution in [0.1, 0.15) is 11.4 Å². The van der Waals surface area contributed by atoms with Gasteiger partial charge in [0.15, 0.2) is 0 Å². The van der Waals surface area contributed by atoms with Crippen LogP contribution in [0.3, 0.4) is 0 Å². The van der Waals surface area contributed by atoms with E-state index in [0.29, 0.717) is 28.7 Å². The first-order valence-corrected chi connectivity index (χ1v) is 7.15. The summed E-state index contributed by atoms with van der Waals surface area (Å²) in [4.78, 5) is 22.7. The zero-order valence-corrected chi connectivity index (χ0v) is 14.0. The van der Waals surface area contributed by atoms with E-state index in [1.807, 2.05) is 32.8 Å². The Morgan fingerprint density at radius 1 is 1.04 bits per heavy atom. The number of hydrogen-bond donors (Lipinski definition) is 2. The van der Waals surface area contributed by atoms with Gasteiger partial charge in [0, 0.05) is 19.8 Å². The number of rotatable bonds is 4. The molecule has 1 heterocycles. The average Bonchev–Trinajstić information content (AvgIpc) is 2.51. The van der Waals surface area contributed by atoms with Crippen LogP contribution < -0.4 is 20.3 Å². The fraction of sp³-hybridized carbons (Fsp3) is 0.312. The number of methoxy groups -OCH3 is 1. The number of benzene rings is 1. The van der Waals surface area contributed by atoms with Crippen molar-refractivity contribution in [1.82, 2.24) is 9.97 Å². The highest BCUT2D eigenvalue weighted by molar-refractivity contribution is 6.00. The maximum absolute atomic E-state index is 12.1. The van der Waals surface area contributed by atoms with Gasteiger partial charge < -0.3 is 20.3 Å². The fourth-order valence-electron chi connectivity index (χ4n) is 2.03. The zero-order chi connectivity index (χ0) is 17.0. The van der Waals surface area contributed by atoms with Crippen molar-refractivity contribution in [3.63, 3.8) is 0 Å². The van der Waals surface area contributed by atoms with Gasteiger partial charge in [-0.2, -0.15) is 0 Å². The van der Waals surface area contributed by atoms with E-state index in [9.17, 15) is 4.79 Å². The van der Waals surface area contributed by atoms with E-state index in [-0.39, 0.29) is 6.03 Å². The summed E-state index contributed by atoms with van der Waals surface area (Å²) in [7, 11) is 5.34. The van der Waals surface area contributed by atoms with Crippen LogP contribution in [0.15, 0.2) is 24.3 Å². The molecule has 0 aliphatic carbocycles. The van der Waals surface area contributed by atoms with Crippen LogP contribution in [-0.4, -0.2) is 37.2 Å². The number of aryl methyl sites for hydroxylation is 2. The van der Waals surface area contributed by atoms with Gasteiger partial charge in [0.05, 0.1) is 24.2 Å². The smallest absolute Gasteiger partial charge is 0.323 e. The van der Waals surface area contributed by atoms with Gasteiger partial charge >= 0.3 is 6.03 Å². The average molecular weight is 315 g/mol. The van der Waals surface area contributed by atoms with Crippen LogP contribution in [0.5, 0.6) is 5.75 Å². The highest BCUT2D eigenvalue weighted by Crippen LogP contribution is 2.20. The van der Waals surface area contributed by atoms with Gasteiger partial charge in [0.2, 0.25) is 5.95 Å². The molecule has 7 nitrogen and oxygen atoms in total. The Kier molecular flexibility index (Phi) is 5.00. The van der Waals surface area contributed by atoms with Gasteiger partial charge in [-0.15, -0.1) is 0 Å². The molecule has 0 fully saturated rings. The number of anilines is 3. The second-order valence-electron chi connectivity index (χ2n) is 5.27. The summed E-state index contributed by atoms with van der Waals surface area (Å²) in [6.07, 6.45) is 0. The summed E-state index contributed by atoms with van der Waals surface area (Å²) < 4.78 is 5.08. The summed E-state index contributed by atoms with van der Waals surface area (Å²) in [5.74, 6) is 1.34. The van der Waals surface area contributed by atoms with Crippen LogP contribution in [0.25, 0.3) is 0 Å². The summed E-state index contributed by atoms with van der Waals surface area (Å²) in [6, 6.07) is 6.75. The third-order valence-corrected chi connectivity index (χ3v) is 3.25. The van der Waals surface area contributed by atoms with Gasteiger partial charge in [-0.3, -0.25) is 0 Å². The monoisotopic (exact) mass is 315 g/mol. The Morgan fingerprint density at radius 2 is 1.61 bits per heavy atom. The van der Waals surface area contributed by atoms with Crippen LogP contribution in [0.2, 0.25) is 0 Å². The SMILES string of the molecule is COc1ccc(NC(=O)Nc2c(C)nc(N(C)C)nc2C)cc1. The van der Waals surface area contributed by atoms with Crippen molar-refractivity contribution in [2.45, 2.75) is 13.8 Å². The number of urea groups is 1. The van der Waals surface area contributed by atoms with Crippen molar-refractivity contribution in [3.8, 4) is 5.75 Å². The minimum Gasteiger partial charge on any atom is -0.497 e. The molecule has 23 heavy (non-hydrogen) atoms. The molecule has 2 N–H and O–H groups in total. The molecule has 0 aliphatic heterocycles. The first-order chi connectivity index (χ1) is 10.9. The third-order valence-electron chi connectivity index (χ3n) is 3.25. The van der Waals surface area contributed by atoms with Crippen molar-refractivity contribution < 1.29 is 9.53 Å². The molecule has 1 aromatic carbocycles. The molecule has 0 saturated heterocycles. The van der Waals surface area contributed by atoms with Gasteiger partial charge in [-0.25, -0.2) is 14.8 Å². The topological polar surface area (TPSA) is 79.4 Å². The number of aromatic nitrogens is 2. The molecular formula is C16H21N5O2. The summed E-state index contributed by atoms with van der Waals surface area (Å²) in [6.45, 7) is 3.68. The van der Waals surface area contributed by atoms with Crippen LogP contribution in [0.4, 0.5) is 22.1 Å². The highest BCUT2D eigenvalue weighted by Gasteiger charge is 2.12. The number of ether oxygens (including phenoxy) is 1. The first-order valence-electron chi connectivity index (χ1n) is 7.15. The molecular weight excluding hydrogens is 294 g/mol. The molecule has 1 aromatic heterocycles. The Hall–Kier alpha value is -2.83. The second kappa shape index (κ2) is 6.95. The Bertz CT molecular complexity index is 675. The molecule has 0 radical (unpaired) electrons. The fourth-order valence-corrected chi connectivity index (χ4v) is 2.03. The maximum atomic E-state index is 12.1. The Morgan fingerprint density at radius 3 is 2.09 bits per heavy atom. The Balaban J connectivity index is 2.10. The van der Waals surface area contributed by atoms with Crippen molar-refractivity contribution >= 4 is 23.4 Å². The number of hydrogen-bond acceptors (Lipinski definition) is 5. The molecule has 0 unspecified atom stereocenters. The molecule has 2 rings (SSSR count). The molecule has 122 valence electrons. The molecule has 0 spiro atoms. The molecule has 0 saturated carbocycles. The molecule has 2 amide bonds. The predicted molar refractivity (Wildman–Crippen MR) is 91.5 cm³/mol. The predicted octanol–water partition coefficient (Wildman–Crippen LogP) is 2.81. The van der Waals surface area contributed by atoms with Crippen LogP contribution >= 0.6 is 0 Å². The normalized spacial score (nSPS) is 10.1. The maximum Gasteiger partial charge on any atom is 0.323 e.